The van der Waals surface area contributed by atoms with Gasteiger partial charge in [-0.3, -0.25) is 0 Å². The van der Waals surface area contributed by atoms with Crippen LogP contribution in [-0.4, -0.2) is 222 Å². The first-order valence-electron chi connectivity index (χ1n) is 26.7. The molecule has 21 heteroatoms. The molecule has 0 spiro atoms. The average Bonchev–Trinajstić information content (AvgIpc) is 3.38. The maximum Gasteiger partial charge on any atom is 0.111 e. The molecular formula is C50H102O21. The van der Waals surface area contributed by atoms with Crippen LogP contribution in [0.5, 0.6) is 0 Å². The summed E-state index contributed by atoms with van der Waals surface area (Å²) in [5.74, 6) is 0. The van der Waals surface area contributed by atoms with Crippen molar-refractivity contribution in [1.82, 2.24) is 0 Å². The quantitative estimate of drug-likeness (QED) is 0.0364. The molecule has 0 aliphatic rings. The zero-order valence-corrected chi connectivity index (χ0v) is 45.5. The van der Waals surface area contributed by atoms with E-state index in [9.17, 15) is 0 Å². The van der Waals surface area contributed by atoms with Gasteiger partial charge in [0, 0.05) is 26.4 Å². The third-order valence-corrected chi connectivity index (χ3v) is 9.05. The Morgan fingerprint density at radius 3 is 0.620 bits per heavy atom. The lowest BCUT2D eigenvalue weighted by molar-refractivity contribution is -0.339. The Balaban J connectivity index is 6.73. The normalized spacial score (nSPS) is 12.3. The van der Waals surface area contributed by atoms with E-state index in [0.29, 0.717) is 106 Å². The molecule has 0 heterocycles. The predicted molar refractivity (Wildman–Crippen MR) is 264 cm³/mol. The molecule has 428 valence electrons. The van der Waals surface area contributed by atoms with Crippen LogP contribution >= 0.6 is 0 Å². The minimum absolute atomic E-state index is 0.0267. The highest BCUT2D eigenvalue weighted by molar-refractivity contribution is 4.70. The third-order valence-electron chi connectivity index (χ3n) is 9.05. The topological polar surface area (TPSA) is 194 Å². The Bertz CT molecular complexity index is 869. The van der Waals surface area contributed by atoms with Gasteiger partial charge >= 0.3 is 0 Å². The summed E-state index contributed by atoms with van der Waals surface area (Å²) in [6, 6.07) is 0. The maximum atomic E-state index is 6.87. The first-order valence-corrected chi connectivity index (χ1v) is 26.7. The standard InChI is InChI=1S/C50H102O21/c1-9-17-51-25-29-55-33-45(34-56-30-26-52-18-10-2)59-37-49(38-60-46(35-57-31-27-53-19-11-3)36-58-32-28-54-20-12-4)71-50(39-61-47(41-67-63-21-13-5)42-68-64-22-14-6)40-62-48(43-69-65-23-15-7)44-70-66-24-16-8/h45-50H,9-44H2,1-8H3. The van der Waals surface area contributed by atoms with Crippen LogP contribution in [0.3, 0.4) is 0 Å². The summed E-state index contributed by atoms with van der Waals surface area (Å²) in [5.41, 5.74) is 0. The SMILES string of the molecule is CCCOCCOCC(COCCOCCC)OCC(COC(COCCOCCC)COCCOCCC)OC(COC(COOCCC)COOCCC)COC(COOCCC)COOCCC. The summed E-state index contributed by atoms with van der Waals surface area (Å²) < 4.78 is 79.4. The molecule has 0 aromatic heterocycles. The summed E-state index contributed by atoms with van der Waals surface area (Å²) in [5, 5.41) is 0. The minimum Gasteiger partial charge on any atom is -0.379 e. The first-order chi connectivity index (χ1) is 35.0. The number of hydrogen-bond donors (Lipinski definition) is 0. The van der Waals surface area contributed by atoms with Gasteiger partial charge in [0.1, 0.15) is 63.1 Å². The number of ether oxygens (including phenoxy) is 13. The highest BCUT2D eigenvalue weighted by Gasteiger charge is 2.26. The van der Waals surface area contributed by atoms with Gasteiger partial charge in [0.25, 0.3) is 0 Å². The van der Waals surface area contributed by atoms with Gasteiger partial charge in [-0.1, -0.05) is 55.4 Å². The Morgan fingerprint density at radius 2 is 0.394 bits per heavy atom. The molecule has 0 aromatic carbocycles. The van der Waals surface area contributed by atoms with Crippen LogP contribution in [0, 0.1) is 0 Å². The second kappa shape index (κ2) is 58.4. The molecule has 0 N–H and O–H groups in total. The van der Waals surface area contributed by atoms with E-state index in [1.807, 2.05) is 27.7 Å². The smallest absolute Gasteiger partial charge is 0.111 e. The summed E-state index contributed by atoms with van der Waals surface area (Å²) in [4.78, 5) is 43.3. The fourth-order valence-electron chi connectivity index (χ4n) is 5.46. The molecule has 0 rings (SSSR count). The second-order valence-electron chi connectivity index (χ2n) is 16.4. The van der Waals surface area contributed by atoms with Crippen LogP contribution in [-0.2, 0) is 101 Å². The van der Waals surface area contributed by atoms with E-state index in [1.54, 1.807) is 0 Å². The van der Waals surface area contributed by atoms with Crippen molar-refractivity contribution in [3.05, 3.63) is 0 Å². The van der Waals surface area contributed by atoms with Crippen LogP contribution in [0.15, 0.2) is 0 Å². The second-order valence-corrected chi connectivity index (χ2v) is 16.4. The largest absolute Gasteiger partial charge is 0.379 e. The Kier molecular flexibility index (Phi) is 57.7. The molecule has 0 atom stereocenters. The van der Waals surface area contributed by atoms with Gasteiger partial charge in [-0.2, -0.15) is 0 Å². The monoisotopic (exact) mass is 1040 g/mol. The molecule has 0 saturated carbocycles. The van der Waals surface area contributed by atoms with Crippen molar-refractivity contribution >= 4 is 0 Å². The zero-order chi connectivity index (χ0) is 51.8. The van der Waals surface area contributed by atoms with Crippen LogP contribution < -0.4 is 0 Å². The van der Waals surface area contributed by atoms with Gasteiger partial charge in [0.2, 0.25) is 0 Å². The minimum atomic E-state index is -0.715. The van der Waals surface area contributed by atoms with E-state index in [0.717, 1.165) is 51.4 Å². The Labute approximate surface area is 428 Å². The zero-order valence-electron chi connectivity index (χ0n) is 45.5. The van der Waals surface area contributed by atoms with Crippen LogP contribution in [0.4, 0.5) is 0 Å². The van der Waals surface area contributed by atoms with E-state index in [2.05, 4.69) is 27.7 Å². The molecule has 0 saturated heterocycles. The molecule has 0 amide bonds. The highest BCUT2D eigenvalue weighted by atomic mass is 17.2. The lowest BCUT2D eigenvalue weighted by Crippen LogP contribution is -2.42. The van der Waals surface area contributed by atoms with E-state index >= 15 is 0 Å². The van der Waals surface area contributed by atoms with Gasteiger partial charge in [0.05, 0.1) is 132 Å². The lowest BCUT2D eigenvalue weighted by atomic mass is 10.3. The molecule has 0 aliphatic heterocycles. The fraction of sp³-hybridized carbons (Fsp3) is 1.00. The Morgan fingerprint density at radius 1 is 0.183 bits per heavy atom. The van der Waals surface area contributed by atoms with Crippen molar-refractivity contribution in [2.75, 3.05) is 185 Å². The van der Waals surface area contributed by atoms with Crippen molar-refractivity contribution in [3.8, 4) is 0 Å². The summed E-state index contributed by atoms with van der Waals surface area (Å²) >= 11 is 0. The van der Waals surface area contributed by atoms with Crippen LogP contribution in [0.1, 0.15) is 107 Å². The van der Waals surface area contributed by atoms with Gasteiger partial charge < -0.3 is 61.6 Å². The van der Waals surface area contributed by atoms with Gasteiger partial charge in [0.15, 0.2) is 0 Å². The van der Waals surface area contributed by atoms with Crippen molar-refractivity contribution < 1.29 is 101 Å². The molecule has 21 nitrogen and oxygen atoms in total. The molecular weight excluding hydrogens is 937 g/mol. The maximum absolute atomic E-state index is 6.87. The van der Waals surface area contributed by atoms with Crippen molar-refractivity contribution in [3.63, 3.8) is 0 Å². The van der Waals surface area contributed by atoms with Gasteiger partial charge in [-0.25, -0.2) is 39.1 Å². The fourth-order valence-corrected chi connectivity index (χ4v) is 5.46. The summed E-state index contributed by atoms with van der Waals surface area (Å²) in [6.07, 6.45) is 3.28. The number of hydrogen-bond acceptors (Lipinski definition) is 21. The van der Waals surface area contributed by atoms with Crippen molar-refractivity contribution in [2.45, 2.75) is 143 Å². The molecule has 0 aliphatic carbocycles. The van der Waals surface area contributed by atoms with Crippen LogP contribution in [0.25, 0.3) is 0 Å². The van der Waals surface area contributed by atoms with E-state index in [-0.39, 0.29) is 79.3 Å². The summed E-state index contributed by atoms with van der Waals surface area (Å²) in [7, 11) is 0. The summed E-state index contributed by atoms with van der Waals surface area (Å²) in [6.45, 7) is 25.5. The highest BCUT2D eigenvalue weighted by Crippen LogP contribution is 2.12. The Hall–Kier alpha value is -0.840. The van der Waals surface area contributed by atoms with E-state index < -0.39 is 36.6 Å². The molecule has 0 aromatic rings. The number of rotatable bonds is 62. The lowest BCUT2D eigenvalue weighted by Gasteiger charge is -2.30. The third kappa shape index (κ3) is 49.8. The van der Waals surface area contributed by atoms with Crippen molar-refractivity contribution in [1.29, 1.82) is 0 Å². The first kappa shape index (κ1) is 70.2. The van der Waals surface area contributed by atoms with Crippen LogP contribution in [0.2, 0.25) is 0 Å². The van der Waals surface area contributed by atoms with E-state index in [4.69, 9.17) is 101 Å². The average molecular weight is 1040 g/mol. The molecule has 0 bridgehead atoms. The van der Waals surface area contributed by atoms with Crippen molar-refractivity contribution in [2.24, 2.45) is 0 Å². The molecule has 0 unspecified atom stereocenters. The molecule has 0 fully saturated rings. The predicted octanol–water partition coefficient (Wildman–Crippen LogP) is 6.49. The van der Waals surface area contributed by atoms with Gasteiger partial charge in [-0.05, 0) is 51.4 Å². The molecule has 71 heavy (non-hydrogen) atoms. The molecule has 0 radical (unpaired) electrons. The van der Waals surface area contributed by atoms with E-state index in [1.165, 1.54) is 0 Å². The van der Waals surface area contributed by atoms with Gasteiger partial charge in [-0.15, -0.1) is 0 Å².